The molecule has 1 aliphatic heterocycles. The summed E-state index contributed by atoms with van der Waals surface area (Å²) in [5.41, 5.74) is 1.62. The Hall–Kier alpha value is -1.27. The number of anilines is 1. The first-order valence-electron chi connectivity index (χ1n) is 5.85. The van der Waals surface area contributed by atoms with Crippen LogP contribution < -0.4 is 10.6 Å². The number of para-hydroxylation sites is 1. The molecule has 19 heavy (non-hydrogen) atoms. The summed E-state index contributed by atoms with van der Waals surface area (Å²) >= 11 is 5.92. The highest BCUT2D eigenvalue weighted by Gasteiger charge is 2.37. The summed E-state index contributed by atoms with van der Waals surface area (Å²) in [5.74, 6) is -0.202. The van der Waals surface area contributed by atoms with Gasteiger partial charge in [-0.05, 0) is 18.6 Å². The van der Waals surface area contributed by atoms with Crippen molar-refractivity contribution in [3.8, 4) is 0 Å². The average Bonchev–Trinajstić information content (AvgIpc) is 2.55. The van der Waals surface area contributed by atoms with Crippen LogP contribution in [0.3, 0.4) is 0 Å². The highest BCUT2D eigenvalue weighted by Crippen LogP contribution is 2.18. The van der Waals surface area contributed by atoms with Gasteiger partial charge in [0.05, 0.1) is 22.9 Å². The summed E-state index contributed by atoms with van der Waals surface area (Å²) in [6.45, 7) is 1.87. The van der Waals surface area contributed by atoms with E-state index in [0.717, 1.165) is 5.56 Å². The number of carbonyl (C=O) groups is 1. The Labute approximate surface area is 117 Å². The number of hydrogen-bond donors (Lipinski definition) is 2. The zero-order valence-electron chi connectivity index (χ0n) is 10.4. The maximum Gasteiger partial charge on any atom is 0.319 e. The molecule has 1 fully saturated rings. The third-order valence-electron chi connectivity index (χ3n) is 2.99. The van der Waals surface area contributed by atoms with Crippen molar-refractivity contribution in [3.05, 3.63) is 29.8 Å². The molecule has 2 N–H and O–H groups in total. The van der Waals surface area contributed by atoms with Gasteiger partial charge in [0, 0.05) is 5.69 Å². The molecule has 1 heterocycles. The van der Waals surface area contributed by atoms with E-state index in [1.165, 1.54) is 0 Å². The number of rotatable bonds is 2. The molecule has 0 saturated carbocycles. The van der Waals surface area contributed by atoms with E-state index < -0.39 is 27.3 Å². The highest BCUT2D eigenvalue weighted by atomic mass is 35.5. The van der Waals surface area contributed by atoms with E-state index in [1.54, 1.807) is 6.07 Å². The van der Waals surface area contributed by atoms with Crippen LogP contribution in [0.15, 0.2) is 24.3 Å². The van der Waals surface area contributed by atoms with Gasteiger partial charge in [-0.2, -0.15) is 0 Å². The quantitative estimate of drug-likeness (QED) is 0.813. The molecule has 1 aromatic carbocycles. The SMILES string of the molecule is Cc1ccccc1NC(=O)N[C@@H]1CS(=O)(=O)C[C@H]1Cl. The van der Waals surface area contributed by atoms with Crippen molar-refractivity contribution in [1.29, 1.82) is 0 Å². The molecule has 2 atom stereocenters. The van der Waals surface area contributed by atoms with E-state index in [9.17, 15) is 13.2 Å². The molecular formula is C12H15ClN2O3S. The van der Waals surface area contributed by atoms with Crippen molar-refractivity contribution in [3.63, 3.8) is 0 Å². The zero-order valence-corrected chi connectivity index (χ0v) is 12.0. The number of hydrogen-bond acceptors (Lipinski definition) is 3. The molecule has 0 aromatic heterocycles. The fourth-order valence-corrected chi connectivity index (χ4v) is 4.53. The van der Waals surface area contributed by atoms with Crippen molar-refractivity contribution in [2.45, 2.75) is 18.3 Å². The summed E-state index contributed by atoms with van der Waals surface area (Å²) in [6, 6.07) is 6.35. The normalized spacial score (nSPS) is 24.9. The molecule has 2 amide bonds. The second-order valence-electron chi connectivity index (χ2n) is 4.61. The van der Waals surface area contributed by atoms with Crippen molar-refractivity contribution in [2.75, 3.05) is 16.8 Å². The highest BCUT2D eigenvalue weighted by molar-refractivity contribution is 7.91. The number of halogens is 1. The lowest BCUT2D eigenvalue weighted by Crippen LogP contribution is -2.43. The Morgan fingerprint density at radius 2 is 2.00 bits per heavy atom. The minimum atomic E-state index is -3.15. The Bertz CT molecular complexity index is 588. The predicted octanol–water partition coefficient (Wildman–Crippen LogP) is 1.52. The number of aryl methyl sites for hydroxylation is 1. The van der Waals surface area contributed by atoms with Gasteiger partial charge in [-0.15, -0.1) is 11.6 Å². The van der Waals surface area contributed by atoms with Gasteiger partial charge in [0.25, 0.3) is 0 Å². The van der Waals surface area contributed by atoms with Crippen LogP contribution in [0.1, 0.15) is 5.56 Å². The molecule has 0 unspecified atom stereocenters. The van der Waals surface area contributed by atoms with Crippen LogP contribution in [0.4, 0.5) is 10.5 Å². The third-order valence-corrected chi connectivity index (χ3v) is 5.37. The first-order chi connectivity index (χ1) is 8.87. The van der Waals surface area contributed by atoms with E-state index in [1.807, 2.05) is 25.1 Å². The smallest absolute Gasteiger partial charge is 0.319 e. The number of urea groups is 1. The fourth-order valence-electron chi connectivity index (χ4n) is 1.98. The largest absolute Gasteiger partial charge is 0.333 e. The van der Waals surface area contributed by atoms with Crippen molar-refractivity contribution in [2.24, 2.45) is 0 Å². The Morgan fingerprint density at radius 1 is 1.32 bits per heavy atom. The molecule has 1 aliphatic rings. The van der Waals surface area contributed by atoms with Gasteiger partial charge >= 0.3 is 6.03 Å². The first-order valence-corrected chi connectivity index (χ1v) is 8.11. The van der Waals surface area contributed by atoms with E-state index in [4.69, 9.17) is 11.6 Å². The zero-order chi connectivity index (χ0) is 14.0. The molecule has 0 radical (unpaired) electrons. The van der Waals surface area contributed by atoms with Crippen LogP contribution in [-0.4, -0.2) is 37.4 Å². The fraction of sp³-hybridized carbons (Fsp3) is 0.417. The second kappa shape index (κ2) is 5.38. The lowest BCUT2D eigenvalue weighted by Gasteiger charge is -2.15. The average molecular weight is 303 g/mol. The third kappa shape index (κ3) is 3.61. The number of amides is 2. The lowest BCUT2D eigenvalue weighted by molar-refractivity contribution is 0.249. The molecule has 104 valence electrons. The minimum Gasteiger partial charge on any atom is -0.333 e. The molecule has 1 saturated heterocycles. The van der Waals surface area contributed by atoms with Crippen molar-refractivity contribution >= 4 is 33.2 Å². The molecule has 0 spiro atoms. The van der Waals surface area contributed by atoms with Crippen molar-refractivity contribution < 1.29 is 13.2 Å². The van der Waals surface area contributed by atoms with Crippen LogP contribution >= 0.6 is 11.6 Å². The van der Waals surface area contributed by atoms with Crippen LogP contribution in [0, 0.1) is 6.92 Å². The van der Waals surface area contributed by atoms with E-state index >= 15 is 0 Å². The summed E-state index contributed by atoms with van der Waals surface area (Å²) in [7, 11) is -3.15. The maximum atomic E-state index is 11.8. The van der Waals surface area contributed by atoms with E-state index in [2.05, 4.69) is 10.6 Å². The number of benzene rings is 1. The topological polar surface area (TPSA) is 75.3 Å². The van der Waals surface area contributed by atoms with Crippen LogP contribution in [0.5, 0.6) is 0 Å². The molecular weight excluding hydrogens is 288 g/mol. The van der Waals surface area contributed by atoms with Crippen LogP contribution in [0.2, 0.25) is 0 Å². The van der Waals surface area contributed by atoms with Gasteiger partial charge in [0.15, 0.2) is 9.84 Å². The van der Waals surface area contributed by atoms with Gasteiger partial charge in [-0.1, -0.05) is 18.2 Å². The van der Waals surface area contributed by atoms with Gasteiger partial charge in [-0.25, -0.2) is 13.2 Å². The number of carbonyl (C=O) groups excluding carboxylic acids is 1. The number of alkyl halides is 1. The van der Waals surface area contributed by atoms with E-state index in [0.29, 0.717) is 5.69 Å². The van der Waals surface area contributed by atoms with Gasteiger partial charge in [-0.3, -0.25) is 0 Å². The monoisotopic (exact) mass is 302 g/mol. The van der Waals surface area contributed by atoms with E-state index in [-0.39, 0.29) is 11.5 Å². The number of nitrogens with one attached hydrogen (secondary N) is 2. The summed E-state index contributed by atoms with van der Waals surface area (Å²) in [6.07, 6.45) is 0. The number of sulfone groups is 1. The summed E-state index contributed by atoms with van der Waals surface area (Å²) in [4.78, 5) is 11.8. The molecule has 7 heteroatoms. The Balaban J connectivity index is 1.98. The molecule has 0 aliphatic carbocycles. The second-order valence-corrected chi connectivity index (χ2v) is 7.33. The van der Waals surface area contributed by atoms with Gasteiger partial charge in [0.1, 0.15) is 0 Å². The van der Waals surface area contributed by atoms with Crippen LogP contribution in [-0.2, 0) is 9.84 Å². The predicted molar refractivity (Wildman–Crippen MR) is 75.4 cm³/mol. The molecule has 1 aromatic rings. The van der Waals surface area contributed by atoms with Crippen LogP contribution in [0.25, 0.3) is 0 Å². The minimum absolute atomic E-state index is 0.0934. The standard InChI is InChI=1S/C12H15ClN2O3S/c1-8-4-2-3-5-10(8)14-12(16)15-11-7-19(17,18)6-9(11)13/h2-5,9,11H,6-7H2,1H3,(H2,14,15,16)/t9-,11-/m1/s1. The Morgan fingerprint density at radius 3 is 2.58 bits per heavy atom. The van der Waals surface area contributed by atoms with Gasteiger partial charge in [0.2, 0.25) is 0 Å². The molecule has 0 bridgehead atoms. The summed E-state index contributed by atoms with van der Waals surface area (Å²) < 4.78 is 22.8. The van der Waals surface area contributed by atoms with Crippen molar-refractivity contribution in [1.82, 2.24) is 5.32 Å². The maximum absolute atomic E-state index is 11.8. The lowest BCUT2D eigenvalue weighted by atomic mass is 10.2. The molecule has 2 rings (SSSR count). The Kier molecular flexibility index (Phi) is 4.01. The molecule has 5 nitrogen and oxygen atoms in total. The summed E-state index contributed by atoms with van der Waals surface area (Å²) in [5, 5.41) is 4.70. The van der Waals surface area contributed by atoms with Gasteiger partial charge < -0.3 is 10.6 Å². The first kappa shape index (κ1) is 14.1.